The number of hydrogen-bond donors (Lipinski definition) is 2. The number of carbonyl (C=O) groups is 2. The molecule has 2 aromatic heterocycles. The average molecular weight is 315 g/mol. The molecule has 0 saturated carbocycles. The van der Waals surface area contributed by atoms with Crippen molar-refractivity contribution in [2.75, 3.05) is 6.54 Å². The lowest BCUT2D eigenvalue weighted by atomic mass is 9.77. The number of nitrogens with one attached hydrogen (secondary N) is 2. The van der Waals surface area contributed by atoms with Crippen LogP contribution in [0.15, 0.2) is 18.5 Å². The summed E-state index contributed by atoms with van der Waals surface area (Å²) >= 11 is 0. The Balaban J connectivity index is 1.91. The second-order valence-corrected chi connectivity index (χ2v) is 6.09. The van der Waals surface area contributed by atoms with Crippen LogP contribution in [0.1, 0.15) is 42.7 Å². The van der Waals surface area contributed by atoms with E-state index in [1.54, 1.807) is 10.7 Å². The lowest BCUT2D eigenvalue weighted by Gasteiger charge is -2.31. The fraction of sp³-hybridized carbons (Fsp3) is 0.500. The van der Waals surface area contributed by atoms with Crippen molar-refractivity contribution >= 4 is 17.5 Å². The highest BCUT2D eigenvalue weighted by atomic mass is 16.2. The molecule has 7 heteroatoms. The fourth-order valence-corrected chi connectivity index (χ4v) is 3.20. The van der Waals surface area contributed by atoms with Gasteiger partial charge in [0.1, 0.15) is 11.6 Å². The third-order valence-corrected chi connectivity index (χ3v) is 4.93. The topological polar surface area (TPSA) is 88.4 Å². The summed E-state index contributed by atoms with van der Waals surface area (Å²) in [5, 5.41) is 9.90. The van der Waals surface area contributed by atoms with Crippen molar-refractivity contribution in [1.82, 2.24) is 25.2 Å². The molecule has 0 aliphatic carbocycles. The van der Waals surface area contributed by atoms with Gasteiger partial charge >= 0.3 is 0 Å². The van der Waals surface area contributed by atoms with Gasteiger partial charge in [-0.05, 0) is 25.8 Å². The molecule has 1 unspecified atom stereocenters. The molecule has 0 bridgehead atoms. The van der Waals surface area contributed by atoms with Crippen molar-refractivity contribution < 1.29 is 9.59 Å². The van der Waals surface area contributed by atoms with Gasteiger partial charge in [0.2, 0.25) is 5.91 Å². The first-order valence-electron chi connectivity index (χ1n) is 7.90. The van der Waals surface area contributed by atoms with Gasteiger partial charge in [0.05, 0.1) is 6.20 Å². The molecular weight excluding hydrogens is 294 g/mol. The first kappa shape index (κ1) is 15.5. The number of aryl methyl sites for hydroxylation is 1. The van der Waals surface area contributed by atoms with Crippen LogP contribution in [0.3, 0.4) is 0 Å². The maximum absolute atomic E-state index is 12.7. The number of rotatable bonds is 4. The summed E-state index contributed by atoms with van der Waals surface area (Å²) < 4.78 is 1.56. The van der Waals surface area contributed by atoms with Gasteiger partial charge in [-0.15, -0.1) is 0 Å². The van der Waals surface area contributed by atoms with Crippen molar-refractivity contribution in [2.24, 2.45) is 5.41 Å². The van der Waals surface area contributed by atoms with Crippen LogP contribution in [0, 0.1) is 12.3 Å². The minimum absolute atomic E-state index is 0.123. The molecule has 1 aliphatic rings. The lowest BCUT2D eigenvalue weighted by Crippen LogP contribution is -2.48. The third kappa shape index (κ3) is 2.46. The summed E-state index contributed by atoms with van der Waals surface area (Å²) in [4.78, 5) is 29.2. The quantitative estimate of drug-likeness (QED) is 0.883. The maximum atomic E-state index is 12.7. The first-order valence-corrected chi connectivity index (χ1v) is 7.90. The molecule has 0 aromatic carbocycles. The van der Waals surface area contributed by atoms with E-state index in [1.807, 2.05) is 26.8 Å². The van der Waals surface area contributed by atoms with Crippen LogP contribution >= 0.6 is 0 Å². The van der Waals surface area contributed by atoms with Gasteiger partial charge in [-0.2, -0.15) is 5.10 Å². The maximum Gasteiger partial charge on any atom is 0.257 e. The van der Waals surface area contributed by atoms with Crippen molar-refractivity contribution in [3.05, 3.63) is 29.7 Å². The van der Waals surface area contributed by atoms with Crippen LogP contribution in [-0.4, -0.2) is 39.0 Å². The van der Waals surface area contributed by atoms with Crippen LogP contribution in [-0.2, 0) is 4.79 Å². The van der Waals surface area contributed by atoms with Crippen LogP contribution in [0.5, 0.6) is 0 Å². The van der Waals surface area contributed by atoms with Gasteiger partial charge in [-0.1, -0.05) is 13.8 Å². The number of aromatic nitrogens is 3. The van der Waals surface area contributed by atoms with E-state index in [0.717, 1.165) is 18.5 Å². The predicted molar refractivity (Wildman–Crippen MR) is 85.0 cm³/mol. The molecule has 3 rings (SSSR count). The molecule has 1 aliphatic heterocycles. The Kier molecular flexibility index (Phi) is 3.79. The van der Waals surface area contributed by atoms with E-state index in [0.29, 0.717) is 17.8 Å². The van der Waals surface area contributed by atoms with Crippen molar-refractivity contribution in [2.45, 2.75) is 39.7 Å². The predicted octanol–water partition coefficient (Wildman–Crippen LogP) is 1.07. The molecule has 7 nitrogen and oxygen atoms in total. The molecule has 1 saturated heterocycles. The van der Waals surface area contributed by atoms with Gasteiger partial charge in [0.25, 0.3) is 5.91 Å². The fourth-order valence-electron chi connectivity index (χ4n) is 3.20. The summed E-state index contributed by atoms with van der Waals surface area (Å²) in [6.07, 6.45) is 4.89. The summed E-state index contributed by atoms with van der Waals surface area (Å²) in [5.74, 6) is -0.436. The molecule has 2 N–H and O–H groups in total. The number of fused-ring (bicyclic) bond motifs is 1. The largest absolute Gasteiger partial charge is 0.354 e. The monoisotopic (exact) mass is 315 g/mol. The van der Waals surface area contributed by atoms with E-state index in [-0.39, 0.29) is 17.2 Å². The SMILES string of the molecule is CCC1(CC)CNC(=O)C1NC(=O)c1cnn2ccc(C)nc12. The second kappa shape index (κ2) is 5.64. The molecule has 2 aromatic rings. The Morgan fingerprint density at radius 1 is 1.48 bits per heavy atom. The van der Waals surface area contributed by atoms with E-state index in [2.05, 4.69) is 20.7 Å². The molecule has 0 radical (unpaired) electrons. The summed E-state index contributed by atoms with van der Waals surface area (Å²) in [5.41, 5.74) is 1.45. The number of carbonyl (C=O) groups excluding carboxylic acids is 2. The third-order valence-electron chi connectivity index (χ3n) is 4.93. The Bertz CT molecular complexity index is 763. The first-order chi connectivity index (χ1) is 11.0. The molecule has 23 heavy (non-hydrogen) atoms. The van der Waals surface area contributed by atoms with E-state index in [4.69, 9.17) is 0 Å². The average Bonchev–Trinajstić information content (AvgIpc) is 3.10. The Hall–Kier alpha value is -2.44. The molecule has 1 atom stereocenters. The van der Waals surface area contributed by atoms with E-state index in [9.17, 15) is 9.59 Å². The highest BCUT2D eigenvalue weighted by molar-refractivity contribution is 6.02. The number of nitrogens with zero attached hydrogens (tertiary/aromatic N) is 3. The van der Waals surface area contributed by atoms with Gasteiger partial charge in [0, 0.05) is 23.9 Å². The number of hydrogen-bond acceptors (Lipinski definition) is 4. The number of amides is 2. The van der Waals surface area contributed by atoms with Gasteiger partial charge < -0.3 is 10.6 Å². The highest BCUT2D eigenvalue weighted by Crippen LogP contribution is 2.34. The normalized spacial score (nSPS) is 19.8. The molecule has 2 amide bonds. The van der Waals surface area contributed by atoms with E-state index in [1.165, 1.54) is 6.20 Å². The standard InChI is InChI=1S/C16H21N5O2/c1-4-16(5-2)9-17-15(23)12(16)20-14(22)11-8-18-21-7-6-10(3)19-13(11)21/h6-8,12H,4-5,9H2,1-3H3,(H,17,23)(H,20,22). The second-order valence-electron chi connectivity index (χ2n) is 6.09. The van der Waals surface area contributed by atoms with Crippen molar-refractivity contribution in [3.63, 3.8) is 0 Å². The Morgan fingerprint density at radius 3 is 2.91 bits per heavy atom. The Labute approximate surface area is 134 Å². The Morgan fingerprint density at radius 2 is 2.22 bits per heavy atom. The van der Waals surface area contributed by atoms with Crippen molar-refractivity contribution in [3.8, 4) is 0 Å². The van der Waals surface area contributed by atoms with Crippen LogP contribution < -0.4 is 10.6 Å². The summed E-state index contributed by atoms with van der Waals surface area (Å²) in [6.45, 7) is 6.54. The summed E-state index contributed by atoms with van der Waals surface area (Å²) in [7, 11) is 0. The van der Waals surface area contributed by atoms with Gasteiger partial charge in [-0.3, -0.25) is 9.59 Å². The molecule has 3 heterocycles. The molecule has 122 valence electrons. The van der Waals surface area contributed by atoms with Crippen LogP contribution in [0.2, 0.25) is 0 Å². The van der Waals surface area contributed by atoms with Gasteiger partial charge in [-0.25, -0.2) is 9.50 Å². The van der Waals surface area contributed by atoms with E-state index >= 15 is 0 Å². The molecular formula is C16H21N5O2. The summed E-state index contributed by atoms with van der Waals surface area (Å²) in [6, 6.07) is 1.30. The van der Waals surface area contributed by atoms with Crippen molar-refractivity contribution in [1.29, 1.82) is 0 Å². The molecule has 0 spiro atoms. The zero-order valence-electron chi connectivity index (χ0n) is 13.6. The zero-order valence-corrected chi connectivity index (χ0v) is 13.6. The molecule has 1 fully saturated rings. The highest BCUT2D eigenvalue weighted by Gasteiger charge is 2.46. The van der Waals surface area contributed by atoms with Crippen LogP contribution in [0.25, 0.3) is 5.65 Å². The van der Waals surface area contributed by atoms with Gasteiger partial charge in [0.15, 0.2) is 5.65 Å². The minimum Gasteiger partial charge on any atom is -0.354 e. The smallest absolute Gasteiger partial charge is 0.257 e. The van der Waals surface area contributed by atoms with Crippen LogP contribution in [0.4, 0.5) is 0 Å². The van der Waals surface area contributed by atoms with E-state index < -0.39 is 6.04 Å². The minimum atomic E-state index is -0.523. The zero-order chi connectivity index (χ0) is 16.6. The lowest BCUT2D eigenvalue weighted by molar-refractivity contribution is -0.121.